The molecule has 0 heterocycles. The maximum absolute atomic E-state index is 10.6. The molecule has 4 heteroatoms. The molecule has 0 bridgehead atoms. The SMILES string of the molecule is CC1(C)C(C=C(Br)Br)[C@H]1C(=O)[O-]. The van der Waals surface area contributed by atoms with Gasteiger partial charge in [0, 0.05) is 11.9 Å². The summed E-state index contributed by atoms with van der Waals surface area (Å²) < 4.78 is 0.803. The second kappa shape index (κ2) is 3.14. The van der Waals surface area contributed by atoms with Crippen LogP contribution in [0.2, 0.25) is 0 Å². The Hall–Kier alpha value is 0.170. The van der Waals surface area contributed by atoms with Gasteiger partial charge >= 0.3 is 0 Å². The summed E-state index contributed by atoms with van der Waals surface area (Å²) >= 11 is 6.42. The third kappa shape index (κ3) is 1.74. The Bertz CT molecular complexity index is 241. The van der Waals surface area contributed by atoms with Crippen LogP contribution in [0.1, 0.15) is 13.8 Å². The second-order valence-corrected chi connectivity index (χ2v) is 6.37. The van der Waals surface area contributed by atoms with Crippen LogP contribution in [0, 0.1) is 17.3 Å². The molecule has 0 N–H and O–H groups in total. The molecular weight excluding hydrogens is 288 g/mol. The molecule has 68 valence electrons. The molecule has 1 saturated carbocycles. The molecule has 0 aromatic carbocycles. The maximum atomic E-state index is 10.6. The third-order valence-electron chi connectivity index (χ3n) is 2.47. The van der Waals surface area contributed by atoms with Gasteiger partial charge in [0.05, 0.1) is 3.39 Å². The smallest absolute Gasteiger partial charge is 0.0567 e. The maximum Gasteiger partial charge on any atom is 0.0567 e. The number of carboxylic acid groups (broad SMARTS) is 1. The summed E-state index contributed by atoms with van der Waals surface area (Å²) in [4.78, 5) is 10.6. The van der Waals surface area contributed by atoms with Crippen molar-refractivity contribution in [2.45, 2.75) is 13.8 Å². The lowest BCUT2D eigenvalue weighted by atomic mass is 10.1. The average molecular weight is 297 g/mol. The number of carboxylic acids is 1. The summed E-state index contributed by atoms with van der Waals surface area (Å²) in [7, 11) is 0. The largest absolute Gasteiger partial charge is 0.550 e. The molecule has 1 fully saturated rings. The monoisotopic (exact) mass is 295 g/mol. The number of aliphatic carboxylic acids is 1. The van der Waals surface area contributed by atoms with Crippen LogP contribution in [0.5, 0.6) is 0 Å². The van der Waals surface area contributed by atoms with Gasteiger partial charge in [-0.15, -0.1) is 0 Å². The van der Waals surface area contributed by atoms with Crippen molar-refractivity contribution >= 4 is 37.8 Å². The van der Waals surface area contributed by atoms with E-state index >= 15 is 0 Å². The van der Waals surface area contributed by atoms with Crippen LogP contribution in [0.4, 0.5) is 0 Å². The minimum atomic E-state index is -0.956. The van der Waals surface area contributed by atoms with Gasteiger partial charge in [0.1, 0.15) is 0 Å². The molecule has 2 nitrogen and oxygen atoms in total. The molecule has 0 spiro atoms. The quantitative estimate of drug-likeness (QED) is 0.777. The van der Waals surface area contributed by atoms with Crippen molar-refractivity contribution in [3.05, 3.63) is 9.47 Å². The van der Waals surface area contributed by atoms with Crippen LogP contribution in [0.15, 0.2) is 9.47 Å². The van der Waals surface area contributed by atoms with Gasteiger partial charge in [-0.25, -0.2) is 0 Å². The summed E-state index contributed by atoms with van der Waals surface area (Å²) in [6.07, 6.45) is 1.86. The zero-order valence-electron chi connectivity index (χ0n) is 6.80. The molecule has 1 unspecified atom stereocenters. The molecule has 0 radical (unpaired) electrons. The van der Waals surface area contributed by atoms with Crippen LogP contribution < -0.4 is 5.11 Å². The number of allylic oxidation sites excluding steroid dienone is 1. The van der Waals surface area contributed by atoms with Crippen LogP contribution in [0.3, 0.4) is 0 Å². The van der Waals surface area contributed by atoms with Crippen molar-refractivity contribution < 1.29 is 9.90 Å². The molecule has 0 saturated heterocycles. The summed E-state index contributed by atoms with van der Waals surface area (Å²) in [5.74, 6) is -1.22. The zero-order chi connectivity index (χ0) is 9.52. The van der Waals surface area contributed by atoms with E-state index in [2.05, 4.69) is 31.9 Å². The number of carbonyl (C=O) groups excluding carboxylic acids is 1. The fraction of sp³-hybridized carbons (Fsp3) is 0.625. The van der Waals surface area contributed by atoms with Crippen molar-refractivity contribution in [2.24, 2.45) is 17.3 Å². The van der Waals surface area contributed by atoms with E-state index in [1.807, 2.05) is 19.9 Å². The van der Waals surface area contributed by atoms with E-state index < -0.39 is 5.97 Å². The predicted octanol–water partition coefficient (Wildman–Crippen LogP) is 1.64. The highest BCUT2D eigenvalue weighted by atomic mass is 79.9. The van der Waals surface area contributed by atoms with Gasteiger partial charge in [0.2, 0.25) is 0 Å². The Balaban J connectivity index is 2.73. The standard InChI is InChI=1S/C8H10Br2O2/c1-8(2)4(3-5(9)10)6(8)7(11)12/h3-4,6H,1-2H3,(H,11,12)/p-1/t4?,6-/m0/s1. The highest BCUT2D eigenvalue weighted by Crippen LogP contribution is 2.59. The fourth-order valence-electron chi connectivity index (χ4n) is 1.57. The van der Waals surface area contributed by atoms with E-state index in [4.69, 9.17) is 0 Å². The van der Waals surface area contributed by atoms with Crippen LogP contribution in [-0.2, 0) is 4.79 Å². The first-order valence-corrected chi connectivity index (χ1v) is 5.19. The van der Waals surface area contributed by atoms with Gasteiger partial charge in [-0.05, 0) is 43.2 Å². The molecule has 0 aliphatic heterocycles. The number of rotatable bonds is 2. The van der Waals surface area contributed by atoms with Crippen LogP contribution in [-0.4, -0.2) is 5.97 Å². The molecular formula is C8H9Br2O2-. The van der Waals surface area contributed by atoms with Crippen molar-refractivity contribution in [3.8, 4) is 0 Å². The number of hydrogen-bond acceptors (Lipinski definition) is 2. The molecule has 1 aliphatic carbocycles. The Morgan fingerprint density at radius 3 is 2.25 bits per heavy atom. The second-order valence-electron chi connectivity index (χ2n) is 3.60. The average Bonchev–Trinajstić information content (AvgIpc) is 2.32. The van der Waals surface area contributed by atoms with Crippen LogP contribution >= 0.6 is 31.9 Å². The van der Waals surface area contributed by atoms with Crippen molar-refractivity contribution in [1.82, 2.24) is 0 Å². The zero-order valence-corrected chi connectivity index (χ0v) is 9.98. The molecule has 2 atom stereocenters. The van der Waals surface area contributed by atoms with Crippen molar-refractivity contribution in [1.29, 1.82) is 0 Å². The molecule has 0 amide bonds. The lowest BCUT2D eigenvalue weighted by molar-refractivity contribution is -0.308. The van der Waals surface area contributed by atoms with Gasteiger partial charge in [0.15, 0.2) is 0 Å². The fourth-order valence-corrected chi connectivity index (χ4v) is 2.14. The summed E-state index contributed by atoms with van der Waals surface area (Å²) in [6.45, 7) is 3.86. The van der Waals surface area contributed by atoms with E-state index in [1.54, 1.807) is 0 Å². The summed E-state index contributed by atoms with van der Waals surface area (Å²) in [5, 5.41) is 10.6. The lowest BCUT2D eigenvalue weighted by Gasteiger charge is -2.01. The topological polar surface area (TPSA) is 40.1 Å². The molecule has 12 heavy (non-hydrogen) atoms. The van der Waals surface area contributed by atoms with Gasteiger partial charge in [-0.3, -0.25) is 0 Å². The summed E-state index contributed by atoms with van der Waals surface area (Å²) in [6, 6.07) is 0. The molecule has 1 aliphatic rings. The molecule has 1 rings (SSSR count). The first-order valence-electron chi connectivity index (χ1n) is 3.61. The Morgan fingerprint density at radius 1 is 1.50 bits per heavy atom. The van der Waals surface area contributed by atoms with Gasteiger partial charge in [-0.2, -0.15) is 0 Å². The molecule has 0 aromatic rings. The van der Waals surface area contributed by atoms with Gasteiger partial charge in [-0.1, -0.05) is 19.9 Å². The lowest BCUT2D eigenvalue weighted by Crippen LogP contribution is -2.26. The Kier molecular flexibility index (Phi) is 2.69. The van der Waals surface area contributed by atoms with Gasteiger partial charge < -0.3 is 9.90 Å². The minimum Gasteiger partial charge on any atom is -0.550 e. The van der Waals surface area contributed by atoms with E-state index in [0.717, 1.165) is 3.39 Å². The highest BCUT2D eigenvalue weighted by Gasteiger charge is 2.57. The minimum absolute atomic E-state index is 0.0799. The Labute approximate surface area is 88.3 Å². The third-order valence-corrected chi connectivity index (χ3v) is 3.00. The van der Waals surface area contributed by atoms with Gasteiger partial charge in [0.25, 0.3) is 0 Å². The Morgan fingerprint density at radius 2 is 2.00 bits per heavy atom. The predicted molar refractivity (Wildman–Crippen MR) is 51.7 cm³/mol. The number of halogens is 2. The van der Waals surface area contributed by atoms with Crippen molar-refractivity contribution in [2.75, 3.05) is 0 Å². The van der Waals surface area contributed by atoms with E-state index in [-0.39, 0.29) is 17.3 Å². The van der Waals surface area contributed by atoms with Crippen molar-refractivity contribution in [3.63, 3.8) is 0 Å². The van der Waals surface area contributed by atoms with E-state index in [9.17, 15) is 9.90 Å². The normalized spacial score (nSPS) is 31.0. The first-order chi connectivity index (χ1) is 5.37. The number of carbonyl (C=O) groups is 1. The molecule has 0 aromatic heterocycles. The van der Waals surface area contributed by atoms with E-state index in [1.165, 1.54) is 0 Å². The summed E-state index contributed by atoms with van der Waals surface area (Å²) in [5.41, 5.74) is -0.161. The van der Waals surface area contributed by atoms with E-state index in [0.29, 0.717) is 0 Å². The highest BCUT2D eigenvalue weighted by molar-refractivity contribution is 9.28. The first kappa shape index (κ1) is 10.3. The van der Waals surface area contributed by atoms with Crippen LogP contribution in [0.25, 0.3) is 0 Å². The number of hydrogen-bond donors (Lipinski definition) is 0.